The van der Waals surface area contributed by atoms with Gasteiger partial charge in [0.1, 0.15) is 6.61 Å². The molecular formula is C34H54O4. The Balaban J connectivity index is 1.55. The van der Waals surface area contributed by atoms with Crippen LogP contribution in [0.3, 0.4) is 0 Å². The lowest BCUT2D eigenvalue weighted by Gasteiger charge is -2.71. The van der Waals surface area contributed by atoms with Gasteiger partial charge in [-0.1, -0.05) is 67.0 Å². The number of aliphatic hydroxyl groups is 1. The third kappa shape index (κ3) is 3.63. The number of carbonyl (C=O) groups excluding carboxylic acids is 2. The number of esters is 1. The Kier molecular flexibility index (Phi) is 6.85. The molecule has 0 aliphatic heterocycles. The third-order valence-electron chi connectivity index (χ3n) is 14.1. The van der Waals surface area contributed by atoms with Gasteiger partial charge in [0, 0.05) is 6.42 Å². The highest BCUT2D eigenvalue weighted by molar-refractivity contribution is 5.84. The number of fused-ring (bicyclic) bond motifs is 7. The lowest BCUT2D eigenvalue weighted by Crippen LogP contribution is -2.65. The van der Waals surface area contributed by atoms with Crippen molar-refractivity contribution in [1.29, 1.82) is 0 Å². The average Bonchev–Trinajstić information content (AvgIpc) is 2.87. The summed E-state index contributed by atoms with van der Waals surface area (Å²) >= 11 is 0. The number of ketones is 1. The summed E-state index contributed by atoms with van der Waals surface area (Å²) in [6, 6.07) is 0. The zero-order chi connectivity index (χ0) is 27.9. The van der Waals surface area contributed by atoms with Gasteiger partial charge < -0.3 is 9.84 Å². The van der Waals surface area contributed by atoms with Crippen LogP contribution in [0.2, 0.25) is 0 Å². The van der Waals surface area contributed by atoms with Gasteiger partial charge in [-0.3, -0.25) is 9.59 Å². The molecule has 10 atom stereocenters. The van der Waals surface area contributed by atoms with Gasteiger partial charge in [-0.15, -0.1) is 0 Å². The van der Waals surface area contributed by atoms with Gasteiger partial charge in [-0.05, 0) is 109 Å². The Bertz CT molecular complexity index is 1010. The Morgan fingerprint density at radius 1 is 0.947 bits per heavy atom. The summed E-state index contributed by atoms with van der Waals surface area (Å²) in [5.74, 6) is 2.20. The Labute approximate surface area is 231 Å². The van der Waals surface area contributed by atoms with Crippen molar-refractivity contribution in [3.63, 3.8) is 0 Å². The smallest absolute Gasteiger partial charge is 0.313 e. The maximum absolute atomic E-state index is 13.9. The van der Waals surface area contributed by atoms with E-state index in [1.54, 1.807) is 0 Å². The summed E-state index contributed by atoms with van der Waals surface area (Å²) in [7, 11) is 0. The van der Waals surface area contributed by atoms with Crippen molar-refractivity contribution in [1.82, 2.24) is 0 Å². The molecule has 5 aliphatic rings. The summed E-state index contributed by atoms with van der Waals surface area (Å²) < 4.78 is 5.80. The molecule has 0 radical (unpaired) electrons. The Morgan fingerprint density at radius 2 is 1.66 bits per heavy atom. The van der Waals surface area contributed by atoms with Crippen molar-refractivity contribution in [3.05, 3.63) is 11.6 Å². The molecular weight excluding hydrogens is 472 g/mol. The van der Waals surface area contributed by atoms with E-state index in [2.05, 4.69) is 54.5 Å². The standard InChI is InChI=1S/C34H54O4/c1-9-23(35)20-38-29(37)34-17-12-21(2)22(3)28(34)24-10-11-26-31(6)15-14-27(36)30(4,5)25(31)13-16-33(26,8)32(24,7)18-19-34/h10,21-22,25-28,36H,9,11-20H2,1-8H3/t21-,22+,25+,26-,27+,28+,31+,32-,33-,34+/m1/s1. The highest BCUT2D eigenvalue weighted by atomic mass is 16.5. The molecule has 4 saturated carbocycles. The second-order valence-electron chi connectivity index (χ2n) is 15.6. The van der Waals surface area contributed by atoms with Crippen LogP contribution in [-0.4, -0.2) is 29.6 Å². The van der Waals surface area contributed by atoms with Gasteiger partial charge in [0.15, 0.2) is 5.78 Å². The van der Waals surface area contributed by atoms with Crippen molar-refractivity contribution in [2.75, 3.05) is 6.61 Å². The lowest BCUT2D eigenvalue weighted by molar-refractivity contribution is -0.207. The predicted molar refractivity (Wildman–Crippen MR) is 151 cm³/mol. The van der Waals surface area contributed by atoms with E-state index < -0.39 is 5.41 Å². The number of hydrogen-bond donors (Lipinski definition) is 1. The number of allylic oxidation sites excluding steroid dienone is 2. The van der Waals surface area contributed by atoms with E-state index in [0.29, 0.717) is 30.1 Å². The normalized spacial score (nSPS) is 49.4. The van der Waals surface area contributed by atoms with Gasteiger partial charge in [0.05, 0.1) is 11.5 Å². The first-order valence-electron chi connectivity index (χ1n) is 15.8. The number of aliphatic hydroxyl groups excluding tert-OH is 1. The molecule has 1 N–H and O–H groups in total. The van der Waals surface area contributed by atoms with Crippen LogP contribution in [0.25, 0.3) is 0 Å². The number of Topliss-reactive ketones (excluding diaryl/α,β-unsaturated/α-hetero) is 1. The molecule has 4 nitrogen and oxygen atoms in total. The monoisotopic (exact) mass is 526 g/mol. The van der Waals surface area contributed by atoms with Crippen LogP contribution >= 0.6 is 0 Å². The van der Waals surface area contributed by atoms with Crippen molar-refractivity contribution in [2.24, 2.45) is 56.7 Å². The van der Waals surface area contributed by atoms with Crippen LogP contribution in [0.1, 0.15) is 120 Å². The third-order valence-corrected chi connectivity index (χ3v) is 14.1. The number of hydrogen-bond acceptors (Lipinski definition) is 4. The van der Waals surface area contributed by atoms with Crippen LogP contribution in [0.15, 0.2) is 11.6 Å². The molecule has 38 heavy (non-hydrogen) atoms. The Morgan fingerprint density at radius 3 is 2.34 bits per heavy atom. The maximum atomic E-state index is 13.9. The van der Waals surface area contributed by atoms with E-state index in [4.69, 9.17) is 4.74 Å². The second-order valence-corrected chi connectivity index (χ2v) is 15.6. The lowest BCUT2D eigenvalue weighted by atomic mass is 9.33. The molecule has 0 bridgehead atoms. The van der Waals surface area contributed by atoms with E-state index in [1.807, 2.05) is 6.92 Å². The minimum Gasteiger partial charge on any atom is -0.457 e. The highest BCUT2D eigenvalue weighted by Crippen LogP contribution is 2.75. The van der Waals surface area contributed by atoms with Crippen molar-refractivity contribution in [3.8, 4) is 0 Å². The summed E-state index contributed by atoms with van der Waals surface area (Å²) in [6.07, 6.45) is 12.1. The van der Waals surface area contributed by atoms with E-state index in [9.17, 15) is 14.7 Å². The van der Waals surface area contributed by atoms with Crippen LogP contribution in [0, 0.1) is 56.7 Å². The van der Waals surface area contributed by atoms with Gasteiger partial charge >= 0.3 is 5.97 Å². The Hall–Kier alpha value is -1.16. The molecule has 0 aromatic heterocycles. The fraction of sp³-hybridized carbons (Fsp3) is 0.882. The van der Waals surface area contributed by atoms with Crippen molar-refractivity contribution in [2.45, 2.75) is 126 Å². The molecule has 0 aromatic rings. The molecule has 0 heterocycles. The van der Waals surface area contributed by atoms with Crippen LogP contribution in [-0.2, 0) is 14.3 Å². The van der Waals surface area contributed by atoms with E-state index >= 15 is 0 Å². The SMILES string of the molecule is CCC(=O)COC(=O)[C@]12CC[C@@H](C)[C@H](C)[C@H]1C1=CC[C@@H]3[C@@]4(C)CC[C@H](O)C(C)(C)[C@@H]4CC[C@@]3(C)[C@]1(C)CC2. The number of rotatable bonds is 4. The van der Waals surface area contributed by atoms with Gasteiger partial charge in [0.2, 0.25) is 0 Å². The van der Waals surface area contributed by atoms with E-state index in [0.717, 1.165) is 44.9 Å². The minimum atomic E-state index is -0.494. The van der Waals surface area contributed by atoms with Crippen molar-refractivity contribution < 1.29 is 19.4 Å². The molecule has 0 unspecified atom stereocenters. The fourth-order valence-corrected chi connectivity index (χ4v) is 11.2. The first-order chi connectivity index (χ1) is 17.7. The average molecular weight is 527 g/mol. The largest absolute Gasteiger partial charge is 0.457 e. The van der Waals surface area contributed by atoms with Gasteiger partial charge in [0.25, 0.3) is 0 Å². The summed E-state index contributed by atoms with van der Waals surface area (Å²) in [5, 5.41) is 11.0. The number of ether oxygens (including phenoxy) is 1. The number of carbonyl (C=O) groups is 2. The minimum absolute atomic E-state index is 0.00179. The second kappa shape index (κ2) is 9.18. The topological polar surface area (TPSA) is 63.6 Å². The van der Waals surface area contributed by atoms with E-state index in [-0.39, 0.29) is 52.0 Å². The van der Waals surface area contributed by atoms with Gasteiger partial charge in [-0.25, -0.2) is 0 Å². The zero-order valence-electron chi connectivity index (χ0n) is 25.5. The van der Waals surface area contributed by atoms with E-state index in [1.165, 1.54) is 18.4 Å². The summed E-state index contributed by atoms with van der Waals surface area (Å²) in [5.41, 5.74) is 1.46. The molecule has 0 spiro atoms. The van der Waals surface area contributed by atoms with Crippen LogP contribution < -0.4 is 0 Å². The molecule has 0 amide bonds. The van der Waals surface area contributed by atoms with Crippen molar-refractivity contribution >= 4 is 11.8 Å². The van der Waals surface area contributed by atoms with Crippen LogP contribution in [0.5, 0.6) is 0 Å². The molecule has 5 aliphatic carbocycles. The van der Waals surface area contributed by atoms with Gasteiger partial charge in [-0.2, -0.15) is 0 Å². The molecule has 0 saturated heterocycles. The summed E-state index contributed by atoms with van der Waals surface area (Å²) in [4.78, 5) is 25.9. The summed E-state index contributed by atoms with van der Waals surface area (Å²) in [6.45, 7) is 18.8. The molecule has 0 aromatic carbocycles. The highest BCUT2D eigenvalue weighted by Gasteiger charge is 2.69. The predicted octanol–water partition coefficient (Wildman–Crippen LogP) is 7.53. The molecule has 4 heteroatoms. The van der Waals surface area contributed by atoms with Crippen LogP contribution in [0.4, 0.5) is 0 Å². The quantitative estimate of drug-likeness (QED) is 0.304. The maximum Gasteiger partial charge on any atom is 0.313 e. The molecule has 214 valence electrons. The first-order valence-corrected chi connectivity index (χ1v) is 15.8. The zero-order valence-corrected chi connectivity index (χ0v) is 25.5. The molecule has 4 fully saturated rings. The molecule has 5 rings (SSSR count). The fourth-order valence-electron chi connectivity index (χ4n) is 11.2. The first kappa shape index (κ1) is 28.4.